The second-order valence-corrected chi connectivity index (χ2v) is 9.91. The fourth-order valence-corrected chi connectivity index (χ4v) is 5.62. The van der Waals surface area contributed by atoms with E-state index in [0.717, 1.165) is 36.0 Å². The number of aryl methyl sites for hydroxylation is 3. The number of hydrogen-bond acceptors (Lipinski definition) is 3. The van der Waals surface area contributed by atoms with Crippen LogP contribution in [0.1, 0.15) is 64.8 Å². The Morgan fingerprint density at radius 2 is 1.62 bits per heavy atom. The van der Waals surface area contributed by atoms with Crippen molar-refractivity contribution in [2.24, 2.45) is 0 Å². The SMILES string of the molecule is Cc1ccc(C)c([C@H](C)NC(=O)c2ccc(C)c(S(=O)(=O)N3CCCCC3)c2)c1. The average molecular weight is 415 g/mol. The summed E-state index contributed by atoms with van der Waals surface area (Å²) >= 11 is 0. The maximum absolute atomic E-state index is 13.1. The van der Waals surface area contributed by atoms with E-state index < -0.39 is 10.0 Å². The van der Waals surface area contributed by atoms with Gasteiger partial charge in [-0.3, -0.25) is 4.79 Å². The van der Waals surface area contributed by atoms with Gasteiger partial charge in [-0.05, 0) is 69.4 Å². The second-order valence-electron chi connectivity index (χ2n) is 8.00. The van der Waals surface area contributed by atoms with Crippen molar-refractivity contribution in [3.05, 3.63) is 64.2 Å². The maximum Gasteiger partial charge on any atom is 0.251 e. The lowest BCUT2D eigenvalue weighted by Gasteiger charge is -2.26. The van der Waals surface area contributed by atoms with Crippen LogP contribution in [0, 0.1) is 20.8 Å². The van der Waals surface area contributed by atoms with Crippen LogP contribution < -0.4 is 5.32 Å². The summed E-state index contributed by atoms with van der Waals surface area (Å²) in [5.74, 6) is -0.270. The third-order valence-corrected chi connectivity index (χ3v) is 7.67. The molecule has 0 aromatic heterocycles. The number of amides is 1. The van der Waals surface area contributed by atoms with Crippen LogP contribution >= 0.6 is 0 Å². The molecule has 6 heteroatoms. The molecule has 2 aromatic rings. The molecule has 0 saturated carbocycles. The van der Waals surface area contributed by atoms with Gasteiger partial charge in [0.2, 0.25) is 10.0 Å². The van der Waals surface area contributed by atoms with E-state index in [1.54, 1.807) is 23.4 Å². The minimum atomic E-state index is -3.59. The lowest BCUT2D eigenvalue weighted by atomic mass is 9.99. The van der Waals surface area contributed by atoms with E-state index in [1.807, 2.05) is 32.9 Å². The fourth-order valence-electron chi connectivity index (χ4n) is 3.85. The van der Waals surface area contributed by atoms with Crippen molar-refractivity contribution in [3.8, 4) is 0 Å². The number of piperidine rings is 1. The van der Waals surface area contributed by atoms with Gasteiger partial charge in [-0.2, -0.15) is 4.31 Å². The quantitative estimate of drug-likeness (QED) is 0.794. The Labute approximate surface area is 174 Å². The summed E-state index contributed by atoms with van der Waals surface area (Å²) in [6.07, 6.45) is 2.82. The Balaban J connectivity index is 1.85. The summed E-state index contributed by atoms with van der Waals surface area (Å²) in [6.45, 7) is 8.85. The normalized spacial score (nSPS) is 16.4. The molecule has 0 aliphatic carbocycles. The Kier molecular flexibility index (Phi) is 6.44. The number of carbonyl (C=O) groups excluding carboxylic acids is 1. The van der Waals surface area contributed by atoms with Crippen LogP contribution in [0.3, 0.4) is 0 Å². The molecule has 156 valence electrons. The molecule has 1 aliphatic heterocycles. The maximum atomic E-state index is 13.1. The molecule has 29 heavy (non-hydrogen) atoms. The molecule has 5 nitrogen and oxygen atoms in total. The van der Waals surface area contributed by atoms with Crippen molar-refractivity contribution >= 4 is 15.9 Å². The topological polar surface area (TPSA) is 66.5 Å². The molecule has 0 unspecified atom stereocenters. The van der Waals surface area contributed by atoms with E-state index in [4.69, 9.17) is 0 Å². The van der Waals surface area contributed by atoms with Gasteiger partial charge in [-0.1, -0.05) is 36.2 Å². The highest BCUT2D eigenvalue weighted by molar-refractivity contribution is 7.89. The number of carbonyl (C=O) groups is 1. The summed E-state index contributed by atoms with van der Waals surface area (Å²) in [5, 5.41) is 3.01. The van der Waals surface area contributed by atoms with Gasteiger partial charge in [0, 0.05) is 18.7 Å². The zero-order chi connectivity index (χ0) is 21.2. The summed E-state index contributed by atoms with van der Waals surface area (Å²) in [6, 6.07) is 10.9. The van der Waals surface area contributed by atoms with Crippen LogP contribution in [-0.4, -0.2) is 31.7 Å². The lowest BCUT2D eigenvalue weighted by Crippen LogP contribution is -2.36. The molecule has 1 amide bonds. The summed E-state index contributed by atoms with van der Waals surface area (Å²) in [5.41, 5.74) is 4.34. The van der Waals surface area contributed by atoms with Gasteiger partial charge in [0.15, 0.2) is 0 Å². The third-order valence-electron chi connectivity index (χ3n) is 5.63. The van der Waals surface area contributed by atoms with Crippen LogP contribution in [0.2, 0.25) is 0 Å². The van der Waals surface area contributed by atoms with Crippen LogP contribution in [0.25, 0.3) is 0 Å². The van der Waals surface area contributed by atoms with Crippen molar-refractivity contribution in [3.63, 3.8) is 0 Å². The predicted octanol–water partition coefficient (Wildman–Crippen LogP) is 4.28. The number of hydrogen-bond donors (Lipinski definition) is 1. The van der Waals surface area contributed by atoms with Gasteiger partial charge in [-0.15, -0.1) is 0 Å². The zero-order valence-corrected chi connectivity index (χ0v) is 18.5. The molecule has 1 N–H and O–H groups in total. The van der Waals surface area contributed by atoms with Gasteiger partial charge < -0.3 is 5.32 Å². The second kappa shape index (κ2) is 8.67. The van der Waals surface area contributed by atoms with Gasteiger partial charge in [0.05, 0.1) is 10.9 Å². The number of nitrogens with zero attached hydrogens (tertiary/aromatic N) is 1. The molecule has 1 aliphatic rings. The highest BCUT2D eigenvalue weighted by Crippen LogP contribution is 2.25. The Morgan fingerprint density at radius 3 is 2.31 bits per heavy atom. The molecule has 1 fully saturated rings. The average Bonchev–Trinajstić information content (AvgIpc) is 2.70. The van der Waals surface area contributed by atoms with Crippen molar-refractivity contribution < 1.29 is 13.2 Å². The van der Waals surface area contributed by atoms with Crippen LogP contribution in [-0.2, 0) is 10.0 Å². The Bertz CT molecular complexity index is 1010. The van der Waals surface area contributed by atoms with E-state index >= 15 is 0 Å². The van der Waals surface area contributed by atoms with Crippen molar-refractivity contribution in [2.45, 2.75) is 57.9 Å². The Hall–Kier alpha value is -2.18. The van der Waals surface area contributed by atoms with Crippen LogP contribution in [0.15, 0.2) is 41.3 Å². The first-order valence-corrected chi connectivity index (χ1v) is 11.6. The monoisotopic (exact) mass is 414 g/mol. The Morgan fingerprint density at radius 1 is 0.966 bits per heavy atom. The smallest absolute Gasteiger partial charge is 0.251 e. The molecule has 1 saturated heterocycles. The molecule has 1 heterocycles. The number of sulfonamides is 1. The summed E-state index contributed by atoms with van der Waals surface area (Å²) in [4.78, 5) is 13.1. The first-order chi connectivity index (χ1) is 13.7. The molecule has 0 bridgehead atoms. The van der Waals surface area contributed by atoms with Gasteiger partial charge in [-0.25, -0.2) is 8.42 Å². The molecule has 1 atom stereocenters. The molecular weight excluding hydrogens is 384 g/mol. The molecule has 0 radical (unpaired) electrons. The summed E-state index contributed by atoms with van der Waals surface area (Å²) in [7, 11) is -3.59. The van der Waals surface area contributed by atoms with Crippen LogP contribution in [0.5, 0.6) is 0 Å². The number of benzene rings is 2. The highest BCUT2D eigenvalue weighted by Gasteiger charge is 2.28. The third kappa shape index (κ3) is 4.70. The molecule has 3 rings (SSSR count). The van der Waals surface area contributed by atoms with Crippen LogP contribution in [0.4, 0.5) is 0 Å². The van der Waals surface area contributed by atoms with E-state index in [-0.39, 0.29) is 16.8 Å². The lowest BCUT2D eigenvalue weighted by molar-refractivity contribution is 0.0939. The standard InChI is InChI=1S/C23H30N2O3S/c1-16-8-9-17(2)21(14-16)19(4)24-23(26)20-11-10-18(3)22(15-20)29(27,28)25-12-6-5-7-13-25/h8-11,14-15,19H,5-7,12-13H2,1-4H3,(H,24,26)/t19-/m0/s1. The molecule has 2 aromatic carbocycles. The molecular formula is C23H30N2O3S. The first kappa shape index (κ1) is 21.5. The fraction of sp³-hybridized carbons (Fsp3) is 0.435. The predicted molar refractivity (Wildman–Crippen MR) is 116 cm³/mol. The van der Waals surface area contributed by atoms with E-state index in [9.17, 15) is 13.2 Å². The first-order valence-electron chi connectivity index (χ1n) is 10.2. The minimum absolute atomic E-state index is 0.175. The van der Waals surface area contributed by atoms with Crippen molar-refractivity contribution in [2.75, 3.05) is 13.1 Å². The van der Waals surface area contributed by atoms with Crippen molar-refractivity contribution in [1.82, 2.24) is 9.62 Å². The number of nitrogens with one attached hydrogen (secondary N) is 1. The van der Waals surface area contributed by atoms with Crippen molar-refractivity contribution in [1.29, 1.82) is 0 Å². The minimum Gasteiger partial charge on any atom is -0.346 e. The van der Waals surface area contributed by atoms with E-state index in [2.05, 4.69) is 11.4 Å². The highest BCUT2D eigenvalue weighted by atomic mass is 32.2. The van der Waals surface area contributed by atoms with E-state index in [1.165, 1.54) is 6.07 Å². The van der Waals surface area contributed by atoms with Gasteiger partial charge in [0.1, 0.15) is 0 Å². The zero-order valence-electron chi connectivity index (χ0n) is 17.7. The molecule has 0 spiro atoms. The largest absolute Gasteiger partial charge is 0.346 e. The van der Waals surface area contributed by atoms with E-state index in [0.29, 0.717) is 24.2 Å². The summed E-state index contributed by atoms with van der Waals surface area (Å²) < 4.78 is 27.7. The van der Waals surface area contributed by atoms with Gasteiger partial charge >= 0.3 is 0 Å². The van der Waals surface area contributed by atoms with Gasteiger partial charge in [0.25, 0.3) is 5.91 Å². The number of rotatable bonds is 5.